The molecule has 0 saturated carbocycles. The first-order valence-corrected chi connectivity index (χ1v) is 7.33. The van der Waals surface area contributed by atoms with Gasteiger partial charge in [-0.05, 0) is 29.5 Å². The van der Waals surface area contributed by atoms with Crippen LogP contribution in [0.1, 0.15) is 10.5 Å². The maximum Gasteiger partial charge on any atom is 0.545 e. The van der Waals surface area contributed by atoms with Gasteiger partial charge < -0.3 is 4.74 Å². The van der Waals surface area contributed by atoms with Crippen molar-refractivity contribution in [1.82, 2.24) is 15.4 Å². The quantitative estimate of drug-likeness (QED) is 0.451. The lowest BCUT2D eigenvalue weighted by molar-refractivity contribution is -0.351. The topological polar surface area (TPSA) is 90.1 Å². The molecule has 1 N–H and O–H groups in total. The molecule has 0 unspecified atom stereocenters. The Kier molecular flexibility index (Phi) is 5.74. The third-order valence-corrected chi connectivity index (χ3v) is 3.36. The molecule has 1 aromatic heterocycles. The van der Waals surface area contributed by atoms with Gasteiger partial charge in [0.15, 0.2) is 5.69 Å². The first kappa shape index (κ1) is 18.9. The highest BCUT2D eigenvalue weighted by Gasteiger charge is 2.30. The van der Waals surface area contributed by atoms with E-state index in [1.54, 1.807) is 19.2 Å². The molecule has 25 heavy (non-hydrogen) atoms. The van der Waals surface area contributed by atoms with Crippen LogP contribution >= 0.6 is 15.9 Å². The van der Waals surface area contributed by atoms with Crippen LogP contribution < -0.4 is 5.59 Å². The van der Waals surface area contributed by atoms with Crippen LogP contribution in [0.5, 0.6) is 0 Å². The number of methoxy groups -OCH3 is 1. The molecule has 0 aliphatic rings. The molecule has 1 heterocycles. The Morgan fingerprint density at radius 2 is 2.08 bits per heavy atom. The second-order valence-corrected chi connectivity index (χ2v) is 5.45. The number of esters is 1. The van der Waals surface area contributed by atoms with Gasteiger partial charge in [-0.1, -0.05) is 15.9 Å². The lowest BCUT2D eigenvalue weighted by atomic mass is 10.1. The van der Waals surface area contributed by atoms with Crippen LogP contribution in [-0.4, -0.2) is 29.2 Å². The van der Waals surface area contributed by atoms with E-state index in [9.17, 15) is 18.0 Å². The van der Waals surface area contributed by atoms with Gasteiger partial charge >= 0.3 is 12.3 Å². The van der Waals surface area contributed by atoms with Crippen LogP contribution in [0.15, 0.2) is 39.1 Å². The van der Waals surface area contributed by atoms with Gasteiger partial charge in [-0.3, -0.25) is 4.68 Å². The Labute approximate surface area is 147 Å². The largest absolute Gasteiger partial charge is 0.545 e. The average molecular weight is 422 g/mol. The number of carbonyl (C=O) groups excluding carboxylic acids is 1. The molecule has 0 aliphatic carbocycles. The number of ether oxygens (including phenoxy) is 1. The summed E-state index contributed by atoms with van der Waals surface area (Å²) in [6.07, 6.45) is -4.89. The number of halogens is 4. The molecule has 0 saturated heterocycles. The molecular formula is C13H11BrF3N5O3. The summed E-state index contributed by atoms with van der Waals surface area (Å²) in [7, 11) is 2.82. The van der Waals surface area contributed by atoms with Crippen molar-refractivity contribution in [2.45, 2.75) is 6.36 Å². The van der Waals surface area contributed by atoms with Crippen LogP contribution in [-0.2, 0) is 16.6 Å². The van der Waals surface area contributed by atoms with E-state index >= 15 is 0 Å². The van der Waals surface area contributed by atoms with Crippen LogP contribution in [0.2, 0.25) is 0 Å². The fourth-order valence-corrected chi connectivity index (χ4v) is 2.22. The van der Waals surface area contributed by atoms with Crippen LogP contribution in [0, 0.1) is 0 Å². The van der Waals surface area contributed by atoms with Gasteiger partial charge in [-0.25, -0.2) is 4.79 Å². The summed E-state index contributed by atoms with van der Waals surface area (Å²) in [5.41, 5.74) is 2.59. The number of aryl methyl sites for hydroxylation is 1. The molecule has 0 atom stereocenters. The van der Waals surface area contributed by atoms with Crippen LogP contribution in [0.4, 0.5) is 18.9 Å². The summed E-state index contributed by atoms with van der Waals surface area (Å²) in [4.78, 5) is 14.9. The molecule has 0 bridgehead atoms. The van der Waals surface area contributed by atoms with E-state index in [-0.39, 0.29) is 11.4 Å². The van der Waals surface area contributed by atoms with Crippen molar-refractivity contribution >= 4 is 27.6 Å². The van der Waals surface area contributed by atoms with E-state index in [1.165, 1.54) is 29.5 Å². The second-order valence-electron chi connectivity index (χ2n) is 4.53. The number of rotatable bonds is 5. The minimum atomic E-state index is -4.89. The monoisotopic (exact) mass is 421 g/mol. The summed E-state index contributed by atoms with van der Waals surface area (Å²) < 4.78 is 42.4. The summed E-state index contributed by atoms with van der Waals surface area (Å²) in [5, 5.41) is 10.8. The summed E-state index contributed by atoms with van der Waals surface area (Å²) >= 11 is 3.24. The molecular weight excluding hydrogens is 411 g/mol. The first-order valence-electron chi connectivity index (χ1n) is 6.54. The summed E-state index contributed by atoms with van der Waals surface area (Å²) in [6.45, 7) is 0. The van der Waals surface area contributed by atoms with Crippen molar-refractivity contribution in [3.05, 3.63) is 34.4 Å². The Hall–Kier alpha value is -2.47. The van der Waals surface area contributed by atoms with E-state index in [0.717, 1.165) is 0 Å². The van der Waals surface area contributed by atoms with Gasteiger partial charge in [-0.15, -0.1) is 18.3 Å². The fourth-order valence-electron chi connectivity index (χ4n) is 1.87. The van der Waals surface area contributed by atoms with Gasteiger partial charge in [0.2, 0.25) is 0 Å². The molecule has 0 amide bonds. The smallest absolute Gasteiger partial charge is 0.464 e. The summed E-state index contributed by atoms with van der Waals surface area (Å²) in [6, 6.07) is 6.33. The molecule has 2 rings (SSSR count). The first-order chi connectivity index (χ1) is 11.7. The molecule has 1 aromatic carbocycles. The Morgan fingerprint density at radius 3 is 2.72 bits per heavy atom. The highest BCUT2D eigenvalue weighted by atomic mass is 79.9. The van der Waals surface area contributed by atoms with E-state index in [0.29, 0.717) is 15.7 Å². The van der Waals surface area contributed by atoms with Gasteiger partial charge in [0.25, 0.3) is 0 Å². The van der Waals surface area contributed by atoms with Crippen molar-refractivity contribution in [1.29, 1.82) is 0 Å². The molecule has 8 nitrogen and oxygen atoms in total. The second kappa shape index (κ2) is 7.61. The number of alkyl halides is 3. The number of nitrogens with zero attached hydrogens (tertiary/aromatic N) is 4. The molecule has 0 fully saturated rings. The number of nitrogens with one attached hydrogen (secondary N) is 1. The minimum absolute atomic E-state index is 0.0735. The maximum absolute atomic E-state index is 11.9. The summed E-state index contributed by atoms with van der Waals surface area (Å²) in [5.74, 6) is -0.623. The normalized spacial score (nSPS) is 11.8. The minimum Gasteiger partial charge on any atom is -0.464 e. The number of aromatic nitrogens is 2. The highest BCUT2D eigenvalue weighted by Crippen LogP contribution is 2.33. The average Bonchev–Trinajstić information content (AvgIpc) is 2.92. The number of benzene rings is 1. The molecule has 134 valence electrons. The number of hydrogen-bond donors (Lipinski definition) is 1. The molecule has 2 aromatic rings. The number of carbonyl (C=O) groups is 1. The van der Waals surface area contributed by atoms with Crippen molar-refractivity contribution in [3.8, 4) is 11.3 Å². The van der Waals surface area contributed by atoms with Gasteiger partial charge in [0.1, 0.15) is 0 Å². The zero-order chi connectivity index (χ0) is 18.6. The Balaban J connectivity index is 2.34. The lowest BCUT2D eigenvalue weighted by Crippen LogP contribution is -2.21. The Morgan fingerprint density at radius 1 is 1.36 bits per heavy atom. The zero-order valence-electron chi connectivity index (χ0n) is 12.8. The standard InChI is InChI=1S/C13H11BrF3N5O3/c1-22-11(6-10(19-22)12(23)24-2)8-4-3-7(14)5-9(8)18-20-21-25-13(15,16)17/h3-6H,1-2H3,(H,18,21). The van der Waals surface area contributed by atoms with Crippen LogP contribution in [0.3, 0.4) is 0 Å². The predicted molar refractivity (Wildman–Crippen MR) is 82.5 cm³/mol. The van der Waals surface area contributed by atoms with Crippen molar-refractivity contribution in [3.63, 3.8) is 0 Å². The third-order valence-electron chi connectivity index (χ3n) is 2.87. The van der Waals surface area contributed by atoms with E-state index in [2.05, 4.69) is 40.9 Å². The molecule has 12 heteroatoms. The molecule has 0 radical (unpaired) electrons. The fraction of sp³-hybridized carbons (Fsp3) is 0.231. The number of hydrogen-bond acceptors (Lipinski definition) is 6. The predicted octanol–water partition coefficient (Wildman–Crippen LogP) is 3.68. The van der Waals surface area contributed by atoms with Gasteiger partial charge in [0, 0.05) is 17.1 Å². The Bertz CT molecular complexity index is 807. The maximum atomic E-state index is 11.9. The van der Waals surface area contributed by atoms with Gasteiger partial charge in [0.05, 0.1) is 18.5 Å². The third kappa shape index (κ3) is 5.00. The highest BCUT2D eigenvalue weighted by molar-refractivity contribution is 9.10. The van der Waals surface area contributed by atoms with E-state index in [1.807, 2.05) is 0 Å². The van der Waals surface area contributed by atoms with Crippen molar-refractivity contribution in [2.24, 2.45) is 17.4 Å². The lowest BCUT2D eigenvalue weighted by Gasteiger charge is -2.07. The molecule has 0 spiro atoms. The van der Waals surface area contributed by atoms with E-state index in [4.69, 9.17) is 0 Å². The molecule has 0 aliphatic heterocycles. The van der Waals surface area contributed by atoms with Crippen molar-refractivity contribution < 1.29 is 27.5 Å². The van der Waals surface area contributed by atoms with E-state index < -0.39 is 12.3 Å². The van der Waals surface area contributed by atoms with Crippen LogP contribution in [0.25, 0.3) is 11.3 Å². The van der Waals surface area contributed by atoms with Crippen molar-refractivity contribution in [2.75, 3.05) is 7.11 Å². The zero-order valence-corrected chi connectivity index (χ0v) is 14.4. The SMILES string of the molecule is COC(=O)c1cc(-c2ccc(Br)cc2N=NNOC(F)(F)F)n(C)n1. The van der Waals surface area contributed by atoms with Gasteiger partial charge in [-0.2, -0.15) is 15.5 Å².